The molecule has 1 unspecified atom stereocenters. The Kier molecular flexibility index (Phi) is 6.47. The van der Waals surface area contributed by atoms with Gasteiger partial charge in [-0.3, -0.25) is 9.59 Å². The van der Waals surface area contributed by atoms with E-state index < -0.39 is 22.9 Å². The number of carbonyl (C=O) groups excluding carboxylic acids is 1. The molecule has 0 radical (unpaired) electrons. The topological polar surface area (TPSA) is 74.8 Å². The third-order valence-electron chi connectivity index (χ3n) is 3.42. The Morgan fingerprint density at radius 3 is 2.54 bits per heavy atom. The van der Waals surface area contributed by atoms with Crippen molar-refractivity contribution in [1.29, 1.82) is 0 Å². The standard InChI is InChI=1S/C17H18F3N3O2S/c1-3-4-13-9-14(24)23-16(22-13)26-10(2)15(25)21-12-7-5-11(6-8-12)17(18,19)20/h5-10H,3-4H2,1-2H3,(H,21,25)(H,22,23,24). The van der Waals surface area contributed by atoms with E-state index in [0.717, 1.165) is 30.3 Å². The van der Waals surface area contributed by atoms with E-state index in [9.17, 15) is 22.8 Å². The number of hydrogen-bond donors (Lipinski definition) is 2. The SMILES string of the molecule is CCCc1cc(=O)[nH]c(SC(C)C(=O)Nc2ccc(C(F)(F)F)cc2)n1. The quantitative estimate of drug-likeness (QED) is 0.585. The van der Waals surface area contributed by atoms with Gasteiger partial charge in [-0.15, -0.1) is 0 Å². The molecule has 1 aromatic carbocycles. The number of anilines is 1. The molecule has 2 aromatic rings. The van der Waals surface area contributed by atoms with Crippen LogP contribution in [0.25, 0.3) is 0 Å². The van der Waals surface area contributed by atoms with Gasteiger partial charge in [0.1, 0.15) is 0 Å². The molecule has 0 spiro atoms. The lowest BCUT2D eigenvalue weighted by Gasteiger charge is -2.13. The van der Waals surface area contributed by atoms with Crippen LogP contribution in [0.4, 0.5) is 18.9 Å². The van der Waals surface area contributed by atoms with Crippen molar-refractivity contribution in [2.45, 2.75) is 43.3 Å². The molecule has 0 saturated carbocycles. The molecule has 9 heteroatoms. The lowest BCUT2D eigenvalue weighted by molar-refractivity contribution is -0.137. The van der Waals surface area contributed by atoms with Crippen LogP contribution in [0.2, 0.25) is 0 Å². The highest BCUT2D eigenvalue weighted by atomic mass is 32.2. The number of nitrogens with one attached hydrogen (secondary N) is 2. The Labute approximate surface area is 152 Å². The van der Waals surface area contributed by atoms with Gasteiger partial charge in [0.15, 0.2) is 5.16 Å². The minimum absolute atomic E-state index is 0.261. The molecule has 0 aliphatic rings. The summed E-state index contributed by atoms with van der Waals surface area (Å²) in [4.78, 5) is 30.7. The van der Waals surface area contributed by atoms with Crippen LogP contribution in [0.5, 0.6) is 0 Å². The van der Waals surface area contributed by atoms with Gasteiger partial charge in [-0.05, 0) is 37.6 Å². The predicted octanol–water partition coefficient (Wildman–Crippen LogP) is 3.86. The molecule has 140 valence electrons. The molecular weight excluding hydrogens is 367 g/mol. The summed E-state index contributed by atoms with van der Waals surface area (Å²) in [5.74, 6) is -0.404. The number of halogens is 3. The molecule has 1 atom stereocenters. The summed E-state index contributed by atoms with van der Waals surface area (Å²) < 4.78 is 37.6. The maximum absolute atomic E-state index is 12.5. The number of aromatic nitrogens is 2. The zero-order valence-electron chi connectivity index (χ0n) is 14.2. The van der Waals surface area contributed by atoms with Crippen molar-refractivity contribution in [3.63, 3.8) is 0 Å². The summed E-state index contributed by atoms with van der Waals surface area (Å²) in [5, 5.41) is 2.28. The van der Waals surface area contributed by atoms with Crippen LogP contribution in [-0.4, -0.2) is 21.1 Å². The van der Waals surface area contributed by atoms with Gasteiger partial charge < -0.3 is 10.3 Å². The largest absolute Gasteiger partial charge is 0.416 e. The number of benzene rings is 1. The second-order valence-corrected chi connectivity index (χ2v) is 6.95. The number of rotatable bonds is 6. The Morgan fingerprint density at radius 1 is 1.31 bits per heavy atom. The molecule has 0 aliphatic heterocycles. The summed E-state index contributed by atoms with van der Waals surface area (Å²) >= 11 is 1.07. The highest BCUT2D eigenvalue weighted by Gasteiger charge is 2.30. The Bertz CT molecular complexity index is 819. The molecule has 1 heterocycles. The summed E-state index contributed by atoms with van der Waals surface area (Å²) in [6.45, 7) is 3.59. The van der Waals surface area contributed by atoms with Gasteiger partial charge in [-0.25, -0.2) is 4.98 Å². The highest BCUT2D eigenvalue weighted by Crippen LogP contribution is 2.30. The second kappa shape index (κ2) is 8.39. The third-order valence-corrected chi connectivity index (χ3v) is 4.40. The number of H-pyrrole nitrogens is 1. The van der Waals surface area contributed by atoms with Gasteiger partial charge in [-0.2, -0.15) is 13.2 Å². The van der Waals surface area contributed by atoms with E-state index in [1.54, 1.807) is 6.92 Å². The van der Waals surface area contributed by atoms with E-state index in [0.29, 0.717) is 17.3 Å². The molecule has 0 bridgehead atoms. The molecule has 2 N–H and O–H groups in total. The summed E-state index contributed by atoms with van der Waals surface area (Å²) in [7, 11) is 0. The lowest BCUT2D eigenvalue weighted by atomic mass is 10.2. The number of nitrogens with zero attached hydrogens (tertiary/aromatic N) is 1. The van der Waals surface area contributed by atoms with E-state index in [2.05, 4.69) is 15.3 Å². The first kappa shape index (κ1) is 20.0. The minimum Gasteiger partial charge on any atom is -0.325 e. The number of alkyl halides is 3. The van der Waals surface area contributed by atoms with Gasteiger partial charge in [0.2, 0.25) is 5.91 Å². The molecule has 1 aromatic heterocycles. The van der Waals surface area contributed by atoms with Gasteiger partial charge in [0.25, 0.3) is 5.56 Å². The van der Waals surface area contributed by atoms with Crippen molar-refractivity contribution in [2.24, 2.45) is 0 Å². The molecule has 26 heavy (non-hydrogen) atoms. The lowest BCUT2D eigenvalue weighted by Crippen LogP contribution is -2.23. The number of aromatic amines is 1. The first-order chi connectivity index (χ1) is 12.2. The van der Waals surface area contributed by atoms with Crippen LogP contribution in [0.1, 0.15) is 31.5 Å². The van der Waals surface area contributed by atoms with Gasteiger partial charge >= 0.3 is 6.18 Å². The van der Waals surface area contributed by atoms with Gasteiger partial charge in [0.05, 0.1) is 10.8 Å². The molecular formula is C17H18F3N3O2S. The van der Waals surface area contributed by atoms with Gasteiger partial charge in [-0.1, -0.05) is 25.1 Å². The maximum Gasteiger partial charge on any atom is 0.416 e. The Morgan fingerprint density at radius 2 is 1.96 bits per heavy atom. The smallest absolute Gasteiger partial charge is 0.325 e. The fourth-order valence-electron chi connectivity index (χ4n) is 2.13. The van der Waals surface area contributed by atoms with Crippen molar-refractivity contribution in [3.05, 3.63) is 51.9 Å². The van der Waals surface area contributed by atoms with Crippen LogP contribution in [0.3, 0.4) is 0 Å². The van der Waals surface area contributed by atoms with E-state index in [1.807, 2.05) is 6.92 Å². The van der Waals surface area contributed by atoms with Gasteiger partial charge in [0, 0.05) is 17.4 Å². The van der Waals surface area contributed by atoms with Crippen LogP contribution in [0, 0.1) is 0 Å². The fourth-order valence-corrected chi connectivity index (χ4v) is 2.96. The van der Waals surface area contributed by atoms with E-state index in [-0.39, 0.29) is 11.2 Å². The first-order valence-corrected chi connectivity index (χ1v) is 8.82. The normalized spacial score (nSPS) is 12.7. The summed E-state index contributed by atoms with van der Waals surface area (Å²) in [5.41, 5.74) is -0.167. The van der Waals surface area contributed by atoms with Crippen LogP contribution >= 0.6 is 11.8 Å². The number of thioether (sulfide) groups is 1. The summed E-state index contributed by atoms with van der Waals surface area (Å²) in [6, 6.07) is 5.61. The molecule has 0 fully saturated rings. The molecule has 2 rings (SSSR count). The number of amides is 1. The predicted molar refractivity (Wildman–Crippen MR) is 94.2 cm³/mol. The number of carbonyl (C=O) groups is 1. The molecule has 0 saturated heterocycles. The maximum atomic E-state index is 12.5. The minimum atomic E-state index is -4.42. The zero-order chi connectivity index (χ0) is 19.3. The van der Waals surface area contributed by atoms with E-state index in [4.69, 9.17) is 0 Å². The summed E-state index contributed by atoms with van der Waals surface area (Å²) in [6.07, 6.45) is -2.93. The van der Waals surface area contributed by atoms with E-state index in [1.165, 1.54) is 18.2 Å². The number of aryl methyl sites for hydroxylation is 1. The van der Waals surface area contributed by atoms with E-state index >= 15 is 0 Å². The Balaban J connectivity index is 2.02. The molecule has 0 aliphatic carbocycles. The van der Waals surface area contributed by atoms with Crippen LogP contribution in [-0.2, 0) is 17.4 Å². The second-order valence-electron chi connectivity index (χ2n) is 5.62. The average molecular weight is 385 g/mol. The average Bonchev–Trinajstić information content (AvgIpc) is 2.54. The monoisotopic (exact) mass is 385 g/mol. The van der Waals surface area contributed by atoms with Crippen molar-refractivity contribution in [2.75, 3.05) is 5.32 Å². The number of hydrogen-bond acceptors (Lipinski definition) is 4. The fraction of sp³-hybridized carbons (Fsp3) is 0.353. The Hall–Kier alpha value is -2.29. The third kappa shape index (κ3) is 5.62. The molecule has 5 nitrogen and oxygen atoms in total. The highest BCUT2D eigenvalue weighted by molar-refractivity contribution is 8.00. The van der Waals surface area contributed by atoms with Crippen molar-refractivity contribution >= 4 is 23.4 Å². The van der Waals surface area contributed by atoms with Crippen molar-refractivity contribution < 1.29 is 18.0 Å². The first-order valence-electron chi connectivity index (χ1n) is 7.94. The van der Waals surface area contributed by atoms with Crippen molar-refractivity contribution in [3.8, 4) is 0 Å². The van der Waals surface area contributed by atoms with Crippen LogP contribution < -0.4 is 10.9 Å². The molecule has 1 amide bonds. The zero-order valence-corrected chi connectivity index (χ0v) is 15.0. The van der Waals surface area contributed by atoms with Crippen molar-refractivity contribution in [1.82, 2.24) is 9.97 Å². The van der Waals surface area contributed by atoms with Crippen LogP contribution in [0.15, 0.2) is 40.3 Å².